The van der Waals surface area contributed by atoms with Crippen LogP contribution in [0.1, 0.15) is 48.5 Å². The van der Waals surface area contributed by atoms with E-state index in [1.165, 1.54) is 17.5 Å². The zero-order valence-electron chi connectivity index (χ0n) is 14.1. The second-order valence-electron chi connectivity index (χ2n) is 6.52. The third-order valence-corrected chi connectivity index (χ3v) is 4.84. The fraction of sp³-hybridized carbons (Fsp3) is 0.381. The Morgan fingerprint density at radius 1 is 1.04 bits per heavy atom. The molecule has 0 radical (unpaired) electrons. The van der Waals surface area contributed by atoms with E-state index < -0.39 is 0 Å². The van der Waals surface area contributed by atoms with Crippen LogP contribution in [0.4, 0.5) is 0 Å². The highest BCUT2D eigenvalue weighted by molar-refractivity contribution is 5.47. The summed E-state index contributed by atoms with van der Waals surface area (Å²) in [5.41, 5.74) is 3.06. The lowest BCUT2D eigenvalue weighted by Gasteiger charge is -2.26. The van der Waals surface area contributed by atoms with Crippen molar-refractivity contribution in [1.82, 2.24) is 0 Å². The Morgan fingerprint density at radius 2 is 1.92 bits per heavy atom. The van der Waals surface area contributed by atoms with E-state index in [4.69, 9.17) is 19.5 Å². The van der Waals surface area contributed by atoms with Gasteiger partial charge in [0.2, 0.25) is 0 Å². The summed E-state index contributed by atoms with van der Waals surface area (Å²) in [6, 6.07) is 15.5. The first kappa shape index (κ1) is 16.1. The quantitative estimate of drug-likeness (QED) is 0.799. The molecule has 4 heteroatoms. The Morgan fingerprint density at radius 3 is 2.68 bits per heavy atom. The lowest BCUT2D eigenvalue weighted by atomic mass is 10.1. The van der Waals surface area contributed by atoms with Crippen molar-refractivity contribution in [3.8, 4) is 17.6 Å². The first-order valence-electron chi connectivity index (χ1n) is 8.90. The maximum atomic E-state index is 8.89. The summed E-state index contributed by atoms with van der Waals surface area (Å²) in [4.78, 5) is 0. The van der Waals surface area contributed by atoms with Crippen molar-refractivity contribution in [2.75, 3.05) is 6.61 Å². The molecule has 2 aromatic rings. The molecule has 0 amide bonds. The van der Waals surface area contributed by atoms with Crippen LogP contribution in [0, 0.1) is 11.3 Å². The molecule has 1 heterocycles. The molecular formula is C21H21NO3. The minimum Gasteiger partial charge on any atom is -0.457 e. The standard InChI is InChI=1S/C21H21NO3/c22-14-15-7-9-16(10-8-15)24-19-5-3-4-17-18(19)11-12-20(17)25-21-6-1-2-13-23-21/h3-5,7-10,20-21H,1-2,6,11-13H2/t20-,21?/m0/s1. The van der Waals surface area contributed by atoms with Gasteiger partial charge in [-0.3, -0.25) is 0 Å². The van der Waals surface area contributed by atoms with Gasteiger partial charge in [-0.2, -0.15) is 5.26 Å². The Balaban J connectivity index is 1.50. The molecule has 4 nitrogen and oxygen atoms in total. The highest BCUT2D eigenvalue weighted by Gasteiger charge is 2.29. The van der Waals surface area contributed by atoms with Gasteiger partial charge in [-0.1, -0.05) is 12.1 Å². The third-order valence-electron chi connectivity index (χ3n) is 4.84. The molecule has 0 bridgehead atoms. The molecule has 2 atom stereocenters. The molecule has 4 rings (SSSR count). The van der Waals surface area contributed by atoms with Gasteiger partial charge in [0.1, 0.15) is 11.5 Å². The lowest BCUT2D eigenvalue weighted by Crippen LogP contribution is -2.23. The van der Waals surface area contributed by atoms with Crippen LogP contribution in [0.15, 0.2) is 42.5 Å². The Labute approximate surface area is 147 Å². The molecule has 2 aromatic carbocycles. The van der Waals surface area contributed by atoms with Gasteiger partial charge in [0.15, 0.2) is 6.29 Å². The Kier molecular flexibility index (Phi) is 4.69. The van der Waals surface area contributed by atoms with E-state index >= 15 is 0 Å². The van der Waals surface area contributed by atoms with E-state index in [2.05, 4.69) is 12.1 Å². The van der Waals surface area contributed by atoms with Gasteiger partial charge < -0.3 is 14.2 Å². The minimum absolute atomic E-state index is 0.0761. The van der Waals surface area contributed by atoms with Crippen LogP contribution in [0.3, 0.4) is 0 Å². The first-order chi connectivity index (χ1) is 12.3. The van der Waals surface area contributed by atoms with Crippen LogP contribution >= 0.6 is 0 Å². The van der Waals surface area contributed by atoms with E-state index in [0.29, 0.717) is 5.56 Å². The molecule has 1 aliphatic heterocycles. The number of benzene rings is 2. The van der Waals surface area contributed by atoms with E-state index in [0.717, 1.165) is 43.8 Å². The second kappa shape index (κ2) is 7.26. The van der Waals surface area contributed by atoms with E-state index in [-0.39, 0.29) is 12.4 Å². The maximum absolute atomic E-state index is 8.89. The highest BCUT2D eigenvalue weighted by Crippen LogP contribution is 2.41. The fourth-order valence-electron chi connectivity index (χ4n) is 3.55. The average Bonchev–Trinajstić information content (AvgIpc) is 3.07. The predicted octanol–water partition coefficient (Wildman–Crippen LogP) is 4.88. The van der Waals surface area contributed by atoms with Crippen LogP contribution < -0.4 is 4.74 Å². The van der Waals surface area contributed by atoms with Crippen molar-refractivity contribution in [2.45, 2.75) is 44.5 Å². The van der Waals surface area contributed by atoms with Crippen LogP contribution in [-0.4, -0.2) is 12.9 Å². The molecule has 25 heavy (non-hydrogen) atoms. The van der Waals surface area contributed by atoms with Gasteiger partial charge in [0.05, 0.1) is 17.7 Å². The highest BCUT2D eigenvalue weighted by atomic mass is 16.7. The number of nitrogens with zero attached hydrogens (tertiary/aromatic N) is 1. The second-order valence-corrected chi connectivity index (χ2v) is 6.52. The van der Waals surface area contributed by atoms with Crippen LogP contribution in [0.2, 0.25) is 0 Å². The molecule has 0 aromatic heterocycles. The van der Waals surface area contributed by atoms with E-state index in [1.807, 2.05) is 24.3 Å². The normalized spacial score (nSPS) is 22.2. The molecule has 2 aliphatic rings. The zero-order chi connectivity index (χ0) is 17.1. The van der Waals surface area contributed by atoms with E-state index in [9.17, 15) is 0 Å². The summed E-state index contributed by atoms with van der Waals surface area (Å²) in [7, 11) is 0. The summed E-state index contributed by atoms with van der Waals surface area (Å²) >= 11 is 0. The summed E-state index contributed by atoms with van der Waals surface area (Å²) < 4.78 is 18.0. The van der Waals surface area contributed by atoms with Crippen LogP contribution in [0.5, 0.6) is 11.5 Å². The van der Waals surface area contributed by atoms with Crippen molar-refractivity contribution >= 4 is 0 Å². The Bertz CT molecular complexity index is 773. The molecule has 0 N–H and O–H groups in total. The predicted molar refractivity (Wildman–Crippen MR) is 93.4 cm³/mol. The number of nitriles is 1. The maximum Gasteiger partial charge on any atom is 0.158 e. The summed E-state index contributed by atoms with van der Waals surface area (Å²) in [5, 5.41) is 8.89. The van der Waals surface area contributed by atoms with Crippen molar-refractivity contribution in [3.05, 3.63) is 59.2 Å². The Hall–Kier alpha value is -2.35. The average molecular weight is 335 g/mol. The lowest BCUT2D eigenvalue weighted by molar-refractivity contribution is -0.189. The summed E-state index contributed by atoms with van der Waals surface area (Å²) in [6.07, 6.45) is 5.20. The summed E-state index contributed by atoms with van der Waals surface area (Å²) in [6.45, 7) is 0.798. The molecular weight excluding hydrogens is 314 g/mol. The van der Waals surface area contributed by atoms with Crippen LogP contribution in [0.25, 0.3) is 0 Å². The molecule has 1 fully saturated rings. The van der Waals surface area contributed by atoms with Gasteiger partial charge in [0, 0.05) is 12.2 Å². The SMILES string of the molecule is N#Cc1ccc(Oc2cccc3c2CC[C@@H]3OC2CCCCO2)cc1. The monoisotopic (exact) mass is 335 g/mol. The minimum atomic E-state index is -0.0761. The topological polar surface area (TPSA) is 51.5 Å². The largest absolute Gasteiger partial charge is 0.457 e. The summed E-state index contributed by atoms with van der Waals surface area (Å²) in [5.74, 6) is 1.62. The van der Waals surface area contributed by atoms with Crippen molar-refractivity contribution < 1.29 is 14.2 Å². The number of hydrogen-bond donors (Lipinski definition) is 0. The van der Waals surface area contributed by atoms with Gasteiger partial charge in [0.25, 0.3) is 0 Å². The number of hydrogen-bond acceptors (Lipinski definition) is 4. The number of fused-ring (bicyclic) bond motifs is 1. The first-order valence-corrected chi connectivity index (χ1v) is 8.90. The van der Waals surface area contributed by atoms with Crippen molar-refractivity contribution in [2.24, 2.45) is 0 Å². The van der Waals surface area contributed by atoms with E-state index in [1.54, 1.807) is 12.1 Å². The van der Waals surface area contributed by atoms with Gasteiger partial charge in [-0.05, 0) is 68.0 Å². The molecule has 128 valence electrons. The van der Waals surface area contributed by atoms with Gasteiger partial charge in [-0.25, -0.2) is 0 Å². The molecule has 1 saturated heterocycles. The molecule has 1 unspecified atom stereocenters. The van der Waals surface area contributed by atoms with Gasteiger partial charge >= 0.3 is 0 Å². The van der Waals surface area contributed by atoms with Crippen molar-refractivity contribution in [3.63, 3.8) is 0 Å². The number of ether oxygens (including phenoxy) is 3. The fourth-order valence-corrected chi connectivity index (χ4v) is 3.55. The molecule has 0 spiro atoms. The molecule has 1 aliphatic carbocycles. The van der Waals surface area contributed by atoms with Crippen molar-refractivity contribution in [1.29, 1.82) is 5.26 Å². The zero-order valence-corrected chi connectivity index (χ0v) is 14.1. The number of rotatable bonds is 4. The molecule has 0 saturated carbocycles. The third kappa shape index (κ3) is 3.53. The van der Waals surface area contributed by atoms with Crippen LogP contribution in [-0.2, 0) is 15.9 Å². The smallest absolute Gasteiger partial charge is 0.158 e. The van der Waals surface area contributed by atoms with Gasteiger partial charge in [-0.15, -0.1) is 0 Å².